The Hall–Kier alpha value is -1.52. The molecule has 0 heterocycles. The average molecular weight is 379 g/mol. The average Bonchev–Trinajstić information content (AvgIpc) is 2.33. The van der Waals surface area contributed by atoms with Gasteiger partial charge in [0.25, 0.3) is 0 Å². The molecule has 0 radical (unpaired) electrons. The first-order chi connectivity index (χ1) is 10.2. The normalized spacial score (nSPS) is 9.91. The second kappa shape index (κ2) is 13.0. The van der Waals surface area contributed by atoms with Gasteiger partial charge >= 0.3 is 20.8 Å². The van der Waals surface area contributed by atoms with Gasteiger partial charge in [-0.1, -0.05) is 0 Å². The summed E-state index contributed by atoms with van der Waals surface area (Å²) in [6.45, 7) is 5.03. The van der Waals surface area contributed by atoms with Gasteiger partial charge in [0.1, 0.15) is 0 Å². The quantitative estimate of drug-likeness (QED) is 0.193. The van der Waals surface area contributed by atoms with E-state index in [1.54, 1.807) is 0 Å². The monoisotopic (exact) mass is 379 g/mol. The van der Waals surface area contributed by atoms with Gasteiger partial charge in [0.15, 0.2) is 0 Å². The molecule has 1 aromatic rings. The maximum atomic E-state index is 8.74. The summed E-state index contributed by atoms with van der Waals surface area (Å²) in [5, 5.41) is 9.72. The van der Waals surface area contributed by atoms with Crippen molar-refractivity contribution in [2.24, 2.45) is 5.90 Å². The number of benzene rings is 1. The van der Waals surface area contributed by atoms with Crippen LogP contribution < -0.4 is 16.9 Å². The maximum absolute atomic E-state index is 8.74. The number of hydrogen-bond donors (Lipinski definition) is 8. The molecule has 23 heavy (non-hydrogen) atoms. The molecule has 0 aliphatic heterocycles. The van der Waals surface area contributed by atoms with E-state index in [2.05, 4.69) is 24.2 Å². The number of hydrogen-bond acceptors (Lipinski definition) is 8. The van der Waals surface area contributed by atoms with Gasteiger partial charge in [-0.25, -0.2) is 5.90 Å². The smallest absolute Gasteiger partial charge is 0.394 e. The molecular formula is C9H21N3O9S2. The van der Waals surface area contributed by atoms with Crippen LogP contribution in [0.3, 0.4) is 0 Å². The fraction of sp³-hybridized carbons (Fsp3) is 0.333. The molecule has 1 rings (SSSR count). The first kappa shape index (κ1) is 26.4. The molecular weight excluding hydrogens is 358 g/mol. The lowest BCUT2D eigenvalue weighted by Gasteiger charge is -2.05. The summed E-state index contributed by atoms with van der Waals surface area (Å²) in [4.78, 5) is 0. The van der Waals surface area contributed by atoms with Gasteiger partial charge in [-0.05, 0) is 37.6 Å². The summed E-state index contributed by atoms with van der Waals surface area (Å²) in [6.07, 6.45) is 0. The summed E-state index contributed by atoms with van der Waals surface area (Å²) < 4.78 is 63.2. The highest BCUT2D eigenvalue weighted by Gasteiger charge is 1.93. The SMILES string of the molecule is CCNc1ccc(N)c(C)c1.NO.O=S(=O)(O)O.O=S(=O)(O)O. The van der Waals surface area contributed by atoms with E-state index >= 15 is 0 Å². The number of nitrogens with one attached hydrogen (secondary N) is 1. The van der Waals surface area contributed by atoms with E-state index in [-0.39, 0.29) is 0 Å². The molecule has 0 bridgehead atoms. The van der Waals surface area contributed by atoms with Crippen LogP contribution in [0.25, 0.3) is 0 Å². The molecule has 1 aromatic carbocycles. The largest absolute Gasteiger partial charge is 0.399 e. The van der Waals surface area contributed by atoms with Gasteiger partial charge < -0.3 is 16.3 Å². The van der Waals surface area contributed by atoms with E-state index in [4.69, 9.17) is 46.0 Å². The van der Waals surface area contributed by atoms with Crippen molar-refractivity contribution in [1.82, 2.24) is 0 Å². The first-order valence-electron chi connectivity index (χ1n) is 5.49. The number of anilines is 2. The highest BCUT2D eigenvalue weighted by atomic mass is 32.3. The molecule has 14 heteroatoms. The molecule has 0 fully saturated rings. The van der Waals surface area contributed by atoms with Crippen LogP contribution in [-0.2, 0) is 20.8 Å². The third kappa shape index (κ3) is 33.4. The van der Waals surface area contributed by atoms with E-state index in [0.29, 0.717) is 0 Å². The number of aryl methyl sites for hydroxylation is 1. The van der Waals surface area contributed by atoms with Crippen molar-refractivity contribution in [2.75, 3.05) is 17.6 Å². The molecule has 12 nitrogen and oxygen atoms in total. The lowest BCUT2D eigenvalue weighted by Crippen LogP contribution is -1.97. The van der Waals surface area contributed by atoms with Crippen LogP contribution in [0.4, 0.5) is 11.4 Å². The van der Waals surface area contributed by atoms with Gasteiger partial charge in [-0.15, -0.1) is 0 Å². The zero-order valence-electron chi connectivity index (χ0n) is 12.3. The van der Waals surface area contributed by atoms with Crippen LogP contribution in [0.1, 0.15) is 12.5 Å². The fourth-order valence-electron chi connectivity index (χ4n) is 0.990. The molecule has 0 aromatic heterocycles. The van der Waals surface area contributed by atoms with Crippen LogP contribution in [0.2, 0.25) is 0 Å². The van der Waals surface area contributed by atoms with Crippen molar-refractivity contribution in [3.05, 3.63) is 23.8 Å². The number of nitrogen functional groups attached to an aromatic ring is 1. The predicted molar refractivity (Wildman–Crippen MR) is 84.1 cm³/mol. The fourth-order valence-corrected chi connectivity index (χ4v) is 0.990. The van der Waals surface area contributed by atoms with Gasteiger partial charge in [-0.2, -0.15) is 16.8 Å². The highest BCUT2D eigenvalue weighted by molar-refractivity contribution is 7.80. The van der Waals surface area contributed by atoms with Crippen molar-refractivity contribution in [1.29, 1.82) is 0 Å². The van der Waals surface area contributed by atoms with Crippen molar-refractivity contribution in [2.45, 2.75) is 13.8 Å². The van der Waals surface area contributed by atoms with E-state index in [1.165, 1.54) is 0 Å². The van der Waals surface area contributed by atoms with Gasteiger partial charge in [0, 0.05) is 17.9 Å². The minimum absolute atomic E-state index is 0.853. The Kier molecular flexibility index (Phi) is 14.9. The summed E-state index contributed by atoms with van der Waals surface area (Å²) in [7, 11) is -9.33. The van der Waals surface area contributed by atoms with Crippen molar-refractivity contribution < 1.29 is 40.3 Å². The Bertz CT molecular complexity index is 586. The Morgan fingerprint density at radius 1 is 1.00 bits per heavy atom. The number of rotatable bonds is 2. The third-order valence-electron chi connectivity index (χ3n) is 1.65. The molecule has 0 aliphatic carbocycles. The second-order valence-electron chi connectivity index (χ2n) is 3.50. The van der Waals surface area contributed by atoms with Crippen LogP contribution in [0.5, 0.6) is 0 Å². The lowest BCUT2D eigenvalue weighted by atomic mass is 10.2. The van der Waals surface area contributed by atoms with E-state index < -0.39 is 20.8 Å². The standard InChI is InChI=1S/C9H14N2.H3NO.2H2O4S/c1-3-11-8-4-5-9(10)7(2)6-8;1-2;2*1-5(2,3)4/h4-6,11H,3,10H2,1-2H3;2H,1H2;2*(H2,1,2,3,4). The predicted octanol–water partition coefficient (Wildman–Crippen LogP) is 0.0377. The van der Waals surface area contributed by atoms with Crippen molar-refractivity contribution in [3.8, 4) is 0 Å². The van der Waals surface area contributed by atoms with Gasteiger partial charge in [0.05, 0.1) is 0 Å². The Labute approximate surface area is 134 Å². The summed E-state index contributed by atoms with van der Waals surface area (Å²) >= 11 is 0. The topological polar surface area (TPSA) is 233 Å². The minimum Gasteiger partial charge on any atom is -0.399 e. The molecule has 0 amide bonds. The highest BCUT2D eigenvalue weighted by Crippen LogP contribution is 2.15. The van der Waals surface area contributed by atoms with Gasteiger partial charge in [-0.3, -0.25) is 18.2 Å². The second-order valence-corrected chi connectivity index (χ2v) is 5.29. The maximum Gasteiger partial charge on any atom is 0.394 e. The summed E-state index contributed by atoms with van der Waals surface area (Å²) in [5.74, 6) is 3.50. The van der Waals surface area contributed by atoms with E-state index in [0.717, 1.165) is 23.5 Å². The molecule has 138 valence electrons. The van der Waals surface area contributed by atoms with Crippen LogP contribution in [0, 0.1) is 6.92 Å². The van der Waals surface area contributed by atoms with Crippen molar-refractivity contribution >= 4 is 32.2 Å². The first-order valence-corrected chi connectivity index (χ1v) is 8.29. The molecule has 0 saturated carbocycles. The Morgan fingerprint density at radius 3 is 1.61 bits per heavy atom. The Morgan fingerprint density at radius 2 is 1.35 bits per heavy atom. The minimum atomic E-state index is -4.67. The van der Waals surface area contributed by atoms with Crippen LogP contribution in [0.15, 0.2) is 18.2 Å². The molecule has 0 aliphatic rings. The molecule has 0 atom stereocenters. The molecule has 0 unspecified atom stereocenters. The Balaban J connectivity index is -0.000000282. The molecule has 0 saturated heterocycles. The zero-order valence-corrected chi connectivity index (χ0v) is 13.9. The zero-order chi connectivity index (χ0) is 19.3. The molecule has 10 N–H and O–H groups in total. The van der Waals surface area contributed by atoms with Gasteiger partial charge in [0.2, 0.25) is 0 Å². The number of nitrogens with two attached hydrogens (primary N) is 2. The molecule has 0 spiro atoms. The third-order valence-corrected chi connectivity index (χ3v) is 1.65. The van der Waals surface area contributed by atoms with Crippen LogP contribution in [-0.4, -0.2) is 46.8 Å². The van der Waals surface area contributed by atoms with Crippen molar-refractivity contribution in [3.63, 3.8) is 0 Å². The summed E-state index contributed by atoms with van der Waals surface area (Å²) in [6, 6.07) is 5.97. The van der Waals surface area contributed by atoms with E-state index in [9.17, 15) is 0 Å². The summed E-state index contributed by atoms with van der Waals surface area (Å²) in [5.41, 5.74) is 8.78. The van der Waals surface area contributed by atoms with Crippen LogP contribution >= 0.6 is 0 Å². The lowest BCUT2D eigenvalue weighted by molar-refractivity contribution is 0.311. The van der Waals surface area contributed by atoms with E-state index in [1.807, 2.05) is 19.1 Å².